The van der Waals surface area contributed by atoms with E-state index in [1.165, 1.54) is 0 Å². The van der Waals surface area contributed by atoms with Crippen molar-refractivity contribution in [3.63, 3.8) is 0 Å². The predicted octanol–water partition coefficient (Wildman–Crippen LogP) is 2.88. The molecule has 0 aliphatic heterocycles. The van der Waals surface area contributed by atoms with Crippen LogP contribution in [0.4, 0.5) is 0 Å². The first-order valence-electron chi connectivity index (χ1n) is 9.84. The third-order valence-electron chi connectivity index (χ3n) is 5.62. The van der Waals surface area contributed by atoms with Gasteiger partial charge in [0.1, 0.15) is 17.3 Å². The summed E-state index contributed by atoms with van der Waals surface area (Å²) in [5, 5.41) is 0. The van der Waals surface area contributed by atoms with Crippen molar-refractivity contribution in [3.8, 4) is 0 Å². The molecule has 1 heterocycles. The first-order chi connectivity index (χ1) is 13.3. The first kappa shape index (κ1) is 20.6. The Kier molecular flexibility index (Phi) is 6.54. The average Bonchev–Trinajstić information content (AvgIpc) is 3.08. The lowest BCUT2D eigenvalue weighted by atomic mass is 9.87. The standard InChI is InChI=1S/C21H29N3O3S/c1-17-8-10-19(11-9-17)23(2)21(25)16-28(26,27)15-20-22-12-13-24(20)14-18-6-4-3-5-7-18/h3-7,12-13,17,19H,8-11,14-16H2,1-2H3. The summed E-state index contributed by atoms with van der Waals surface area (Å²) in [7, 11) is -1.86. The van der Waals surface area contributed by atoms with Crippen molar-refractivity contribution in [2.75, 3.05) is 12.8 Å². The van der Waals surface area contributed by atoms with Gasteiger partial charge in [-0.15, -0.1) is 0 Å². The number of carbonyl (C=O) groups is 1. The molecule has 0 unspecified atom stereocenters. The summed E-state index contributed by atoms with van der Waals surface area (Å²) in [5.41, 5.74) is 1.07. The van der Waals surface area contributed by atoms with Crippen molar-refractivity contribution in [1.82, 2.24) is 14.5 Å². The van der Waals surface area contributed by atoms with Gasteiger partial charge in [-0.05, 0) is 37.2 Å². The zero-order valence-electron chi connectivity index (χ0n) is 16.6. The second kappa shape index (κ2) is 8.90. The van der Waals surface area contributed by atoms with Gasteiger partial charge in [0, 0.05) is 32.0 Å². The fourth-order valence-electron chi connectivity index (χ4n) is 3.78. The third kappa shape index (κ3) is 5.44. The van der Waals surface area contributed by atoms with Crippen LogP contribution in [0, 0.1) is 5.92 Å². The molecule has 0 atom stereocenters. The lowest BCUT2D eigenvalue weighted by Crippen LogP contribution is -2.42. The van der Waals surface area contributed by atoms with Crippen LogP contribution in [0.5, 0.6) is 0 Å². The zero-order valence-corrected chi connectivity index (χ0v) is 17.4. The fraction of sp³-hybridized carbons (Fsp3) is 0.524. The number of imidazole rings is 1. The summed E-state index contributed by atoms with van der Waals surface area (Å²) in [5.74, 6) is 0.139. The van der Waals surface area contributed by atoms with E-state index in [1.54, 1.807) is 24.3 Å². The molecule has 7 heteroatoms. The number of amides is 1. The Labute approximate surface area is 167 Å². The second-order valence-electron chi connectivity index (χ2n) is 7.91. The molecule has 152 valence electrons. The number of sulfone groups is 1. The van der Waals surface area contributed by atoms with Crippen LogP contribution in [0.2, 0.25) is 0 Å². The van der Waals surface area contributed by atoms with E-state index in [-0.39, 0.29) is 17.7 Å². The third-order valence-corrected chi connectivity index (χ3v) is 7.00. The lowest BCUT2D eigenvalue weighted by Gasteiger charge is -2.33. The molecular formula is C21H29N3O3S. The molecule has 0 spiro atoms. The highest BCUT2D eigenvalue weighted by molar-refractivity contribution is 7.91. The normalized spacial score (nSPS) is 20.1. The van der Waals surface area contributed by atoms with Gasteiger partial charge in [0.2, 0.25) is 5.91 Å². The minimum atomic E-state index is -3.59. The summed E-state index contributed by atoms with van der Waals surface area (Å²) in [4.78, 5) is 18.4. The molecule has 1 aliphatic carbocycles. The van der Waals surface area contributed by atoms with Crippen LogP contribution in [0.25, 0.3) is 0 Å². The van der Waals surface area contributed by atoms with Gasteiger partial charge in [0.05, 0.1) is 0 Å². The van der Waals surface area contributed by atoms with Gasteiger partial charge in [-0.3, -0.25) is 4.79 Å². The van der Waals surface area contributed by atoms with Gasteiger partial charge >= 0.3 is 0 Å². The fourth-order valence-corrected chi connectivity index (χ4v) is 5.09. The first-order valence-corrected chi connectivity index (χ1v) is 11.7. The Balaban J connectivity index is 1.61. The van der Waals surface area contributed by atoms with Gasteiger partial charge in [0.15, 0.2) is 9.84 Å². The molecule has 0 N–H and O–H groups in total. The molecule has 2 aromatic rings. The topological polar surface area (TPSA) is 72.3 Å². The predicted molar refractivity (Wildman–Crippen MR) is 109 cm³/mol. The number of rotatable bonds is 7. The number of aromatic nitrogens is 2. The van der Waals surface area contributed by atoms with E-state index in [1.807, 2.05) is 34.9 Å². The van der Waals surface area contributed by atoms with Crippen molar-refractivity contribution in [2.45, 2.75) is 50.9 Å². The van der Waals surface area contributed by atoms with Gasteiger partial charge < -0.3 is 9.47 Å². The van der Waals surface area contributed by atoms with Gasteiger partial charge in [-0.2, -0.15) is 0 Å². The van der Waals surface area contributed by atoms with E-state index in [0.29, 0.717) is 18.3 Å². The molecule has 0 saturated heterocycles. The Hall–Kier alpha value is -2.15. The Morgan fingerprint density at radius 2 is 1.86 bits per heavy atom. The van der Waals surface area contributed by atoms with Crippen LogP contribution in [0.3, 0.4) is 0 Å². The van der Waals surface area contributed by atoms with Crippen LogP contribution in [0.1, 0.15) is 44.0 Å². The van der Waals surface area contributed by atoms with Crippen molar-refractivity contribution in [2.24, 2.45) is 5.92 Å². The van der Waals surface area contributed by atoms with Crippen LogP contribution < -0.4 is 0 Å². The van der Waals surface area contributed by atoms with E-state index in [2.05, 4.69) is 11.9 Å². The number of nitrogens with zero attached hydrogens (tertiary/aromatic N) is 3. The van der Waals surface area contributed by atoms with Crippen LogP contribution in [0.15, 0.2) is 42.7 Å². The van der Waals surface area contributed by atoms with E-state index in [4.69, 9.17) is 0 Å². The maximum Gasteiger partial charge on any atom is 0.237 e. The highest BCUT2D eigenvalue weighted by atomic mass is 32.2. The van der Waals surface area contributed by atoms with E-state index < -0.39 is 15.6 Å². The van der Waals surface area contributed by atoms with Crippen molar-refractivity contribution in [1.29, 1.82) is 0 Å². The average molecular weight is 404 g/mol. The number of benzene rings is 1. The maximum absolute atomic E-state index is 12.7. The zero-order chi connectivity index (χ0) is 20.1. The SMILES string of the molecule is CC1CCC(N(C)C(=O)CS(=O)(=O)Cc2nccn2Cc2ccccc2)CC1. The maximum atomic E-state index is 12.7. The quantitative estimate of drug-likeness (QED) is 0.713. The van der Waals surface area contributed by atoms with Crippen molar-refractivity contribution in [3.05, 3.63) is 54.1 Å². The molecule has 0 radical (unpaired) electrons. The summed E-state index contributed by atoms with van der Waals surface area (Å²) in [6.07, 6.45) is 7.45. The molecule has 1 aliphatic rings. The van der Waals surface area contributed by atoms with Crippen molar-refractivity contribution >= 4 is 15.7 Å². The molecule has 1 saturated carbocycles. The highest BCUT2D eigenvalue weighted by Crippen LogP contribution is 2.26. The summed E-state index contributed by atoms with van der Waals surface area (Å²) >= 11 is 0. The van der Waals surface area contributed by atoms with Crippen LogP contribution in [-0.2, 0) is 26.9 Å². The van der Waals surface area contributed by atoms with Crippen LogP contribution in [-0.4, -0.2) is 47.6 Å². The molecular weight excluding hydrogens is 374 g/mol. The van der Waals surface area contributed by atoms with E-state index >= 15 is 0 Å². The van der Waals surface area contributed by atoms with Gasteiger partial charge in [0.25, 0.3) is 0 Å². The molecule has 6 nitrogen and oxygen atoms in total. The monoisotopic (exact) mass is 403 g/mol. The number of hydrogen-bond donors (Lipinski definition) is 0. The smallest absolute Gasteiger partial charge is 0.237 e. The molecule has 1 fully saturated rings. The van der Waals surface area contributed by atoms with Crippen LogP contribution >= 0.6 is 0 Å². The molecule has 1 amide bonds. The highest BCUT2D eigenvalue weighted by Gasteiger charge is 2.28. The van der Waals surface area contributed by atoms with Gasteiger partial charge in [-0.1, -0.05) is 37.3 Å². The number of carbonyl (C=O) groups excluding carboxylic acids is 1. The molecule has 28 heavy (non-hydrogen) atoms. The van der Waals surface area contributed by atoms with Crippen molar-refractivity contribution < 1.29 is 13.2 Å². The van der Waals surface area contributed by atoms with Gasteiger partial charge in [-0.25, -0.2) is 13.4 Å². The summed E-state index contributed by atoms with van der Waals surface area (Å²) in [6, 6.07) is 9.97. The Bertz CT molecular complexity index is 885. The Morgan fingerprint density at radius 3 is 2.54 bits per heavy atom. The second-order valence-corrected chi connectivity index (χ2v) is 9.97. The largest absolute Gasteiger partial charge is 0.342 e. The molecule has 3 rings (SSSR count). The summed E-state index contributed by atoms with van der Waals surface area (Å²) < 4.78 is 27.1. The lowest BCUT2D eigenvalue weighted by molar-refractivity contribution is -0.129. The molecule has 0 bridgehead atoms. The summed E-state index contributed by atoms with van der Waals surface area (Å²) in [6.45, 7) is 2.78. The molecule has 1 aromatic heterocycles. The molecule has 1 aromatic carbocycles. The van der Waals surface area contributed by atoms with E-state index in [0.717, 1.165) is 31.2 Å². The minimum absolute atomic E-state index is 0.152. The number of hydrogen-bond acceptors (Lipinski definition) is 4. The Morgan fingerprint density at radius 1 is 1.18 bits per heavy atom. The minimum Gasteiger partial charge on any atom is -0.342 e. The van der Waals surface area contributed by atoms with E-state index in [9.17, 15) is 13.2 Å².